The van der Waals surface area contributed by atoms with Gasteiger partial charge in [-0.25, -0.2) is 0 Å². The summed E-state index contributed by atoms with van der Waals surface area (Å²) in [5.41, 5.74) is 0.0374. The van der Waals surface area contributed by atoms with Crippen LogP contribution in [0.5, 0.6) is 0 Å². The molecule has 0 bridgehead atoms. The van der Waals surface area contributed by atoms with Crippen LogP contribution in [0.15, 0.2) is 0 Å². The van der Waals surface area contributed by atoms with Gasteiger partial charge in [0.25, 0.3) is 0 Å². The normalized spacial score (nSPS) is 32.6. The molecule has 2 rings (SSSR count). The molecular formula is C11H22N2O. The second-order valence-electron chi connectivity index (χ2n) is 5.08. The smallest absolute Gasteiger partial charge is 0.110 e. The van der Waals surface area contributed by atoms with Crippen LogP contribution in [0, 0.1) is 0 Å². The van der Waals surface area contributed by atoms with Crippen molar-refractivity contribution in [2.24, 2.45) is 0 Å². The molecule has 3 nitrogen and oxygen atoms in total. The van der Waals surface area contributed by atoms with Gasteiger partial charge in [-0.15, -0.1) is 0 Å². The Morgan fingerprint density at radius 3 is 2.64 bits per heavy atom. The molecule has 2 aliphatic heterocycles. The van der Waals surface area contributed by atoms with Gasteiger partial charge in [0.1, 0.15) is 6.23 Å². The minimum absolute atomic E-state index is 0.0374. The van der Waals surface area contributed by atoms with E-state index in [2.05, 4.69) is 24.1 Å². The zero-order valence-electron chi connectivity index (χ0n) is 9.38. The average Bonchev–Trinajstić information content (AvgIpc) is 2.70. The van der Waals surface area contributed by atoms with Gasteiger partial charge in [-0.05, 0) is 46.2 Å². The molecule has 1 N–H and O–H groups in total. The van der Waals surface area contributed by atoms with Gasteiger partial charge in [0.2, 0.25) is 0 Å². The minimum atomic E-state index is 0.0374. The van der Waals surface area contributed by atoms with Crippen molar-refractivity contribution in [1.82, 2.24) is 10.2 Å². The number of rotatable bonds is 3. The van der Waals surface area contributed by atoms with Gasteiger partial charge in [0, 0.05) is 13.1 Å². The summed E-state index contributed by atoms with van der Waals surface area (Å²) in [6.07, 6.45) is 4.17. The van der Waals surface area contributed by atoms with E-state index in [0.29, 0.717) is 0 Å². The number of likely N-dealkylation sites (tertiary alicyclic amines) is 1. The van der Waals surface area contributed by atoms with Crippen LogP contribution in [-0.2, 0) is 4.74 Å². The van der Waals surface area contributed by atoms with Crippen molar-refractivity contribution >= 4 is 0 Å². The van der Waals surface area contributed by atoms with Gasteiger partial charge in [-0.1, -0.05) is 0 Å². The van der Waals surface area contributed by atoms with Crippen LogP contribution in [0.2, 0.25) is 0 Å². The van der Waals surface area contributed by atoms with E-state index in [9.17, 15) is 0 Å². The highest BCUT2D eigenvalue weighted by Gasteiger charge is 2.31. The number of ether oxygens (including phenoxy) is 1. The first-order valence-electron chi connectivity index (χ1n) is 5.79. The van der Waals surface area contributed by atoms with Gasteiger partial charge in [0.05, 0.1) is 5.60 Å². The molecule has 14 heavy (non-hydrogen) atoms. The third-order valence-corrected chi connectivity index (χ3v) is 3.12. The fourth-order valence-corrected chi connectivity index (χ4v) is 2.30. The van der Waals surface area contributed by atoms with Gasteiger partial charge < -0.3 is 9.64 Å². The van der Waals surface area contributed by atoms with Crippen molar-refractivity contribution in [3.05, 3.63) is 0 Å². The third-order valence-electron chi connectivity index (χ3n) is 3.12. The molecule has 0 radical (unpaired) electrons. The molecule has 1 unspecified atom stereocenters. The Kier molecular flexibility index (Phi) is 3.10. The second kappa shape index (κ2) is 4.17. The molecule has 0 aromatic heterocycles. The van der Waals surface area contributed by atoms with Crippen LogP contribution >= 0.6 is 0 Å². The molecule has 2 heterocycles. The molecule has 3 heteroatoms. The maximum absolute atomic E-state index is 5.87. The molecule has 2 saturated heterocycles. The van der Waals surface area contributed by atoms with E-state index in [0.717, 1.165) is 13.0 Å². The standard InChI is InChI=1S/C11H22N2O/c1-11(2)9-12-10(14-11)5-8-13-6-3-4-7-13/h10,12H,3-9H2,1-2H3. The summed E-state index contributed by atoms with van der Waals surface area (Å²) >= 11 is 0. The van der Waals surface area contributed by atoms with Gasteiger partial charge >= 0.3 is 0 Å². The molecule has 82 valence electrons. The summed E-state index contributed by atoms with van der Waals surface area (Å²) in [7, 11) is 0. The van der Waals surface area contributed by atoms with Crippen molar-refractivity contribution < 1.29 is 4.74 Å². The van der Waals surface area contributed by atoms with Gasteiger partial charge in [-0.3, -0.25) is 5.32 Å². The van der Waals surface area contributed by atoms with Crippen LogP contribution < -0.4 is 5.32 Å². The molecule has 0 spiro atoms. The first-order valence-corrected chi connectivity index (χ1v) is 5.79. The van der Waals surface area contributed by atoms with Crippen LogP contribution in [0.1, 0.15) is 33.1 Å². The SMILES string of the molecule is CC1(C)CNC(CCN2CCCC2)O1. The van der Waals surface area contributed by atoms with Crippen LogP contribution in [-0.4, -0.2) is 42.9 Å². The lowest BCUT2D eigenvalue weighted by atomic mass is 10.1. The van der Waals surface area contributed by atoms with E-state index in [-0.39, 0.29) is 11.8 Å². The Hall–Kier alpha value is -0.120. The Bertz CT molecular complexity index is 188. The van der Waals surface area contributed by atoms with E-state index in [4.69, 9.17) is 4.74 Å². The Labute approximate surface area is 86.8 Å². The Morgan fingerprint density at radius 2 is 2.07 bits per heavy atom. The van der Waals surface area contributed by atoms with Crippen molar-refractivity contribution in [2.75, 3.05) is 26.2 Å². The van der Waals surface area contributed by atoms with E-state index in [1.54, 1.807) is 0 Å². The predicted molar refractivity (Wildman–Crippen MR) is 57.2 cm³/mol. The first kappa shape index (κ1) is 10.4. The maximum Gasteiger partial charge on any atom is 0.110 e. The zero-order chi connectivity index (χ0) is 10.0. The first-order chi connectivity index (χ1) is 6.66. The quantitative estimate of drug-likeness (QED) is 0.737. The summed E-state index contributed by atoms with van der Waals surface area (Å²) in [5, 5.41) is 3.42. The lowest BCUT2D eigenvalue weighted by Gasteiger charge is -2.20. The van der Waals surface area contributed by atoms with Crippen molar-refractivity contribution in [3.8, 4) is 0 Å². The highest BCUT2D eigenvalue weighted by Crippen LogP contribution is 2.19. The summed E-state index contributed by atoms with van der Waals surface area (Å²) in [6, 6.07) is 0. The molecule has 0 aromatic rings. The highest BCUT2D eigenvalue weighted by molar-refractivity contribution is 4.82. The van der Waals surface area contributed by atoms with Gasteiger partial charge in [-0.2, -0.15) is 0 Å². The van der Waals surface area contributed by atoms with E-state index < -0.39 is 0 Å². The predicted octanol–water partition coefficient (Wildman–Crippen LogP) is 1.20. The van der Waals surface area contributed by atoms with E-state index in [1.807, 2.05) is 0 Å². The van der Waals surface area contributed by atoms with Crippen LogP contribution in [0.4, 0.5) is 0 Å². The molecule has 0 saturated carbocycles. The number of hydrogen-bond acceptors (Lipinski definition) is 3. The average molecular weight is 198 g/mol. The van der Waals surface area contributed by atoms with Crippen LogP contribution in [0.3, 0.4) is 0 Å². The molecule has 2 fully saturated rings. The maximum atomic E-state index is 5.87. The lowest BCUT2D eigenvalue weighted by Crippen LogP contribution is -2.29. The van der Waals surface area contributed by atoms with Crippen molar-refractivity contribution in [3.63, 3.8) is 0 Å². The monoisotopic (exact) mass is 198 g/mol. The minimum Gasteiger partial charge on any atom is -0.356 e. The zero-order valence-corrected chi connectivity index (χ0v) is 9.38. The van der Waals surface area contributed by atoms with Gasteiger partial charge in [0.15, 0.2) is 0 Å². The Balaban J connectivity index is 1.66. The topological polar surface area (TPSA) is 24.5 Å². The number of hydrogen-bond donors (Lipinski definition) is 1. The molecule has 0 aliphatic carbocycles. The number of nitrogens with zero attached hydrogens (tertiary/aromatic N) is 1. The largest absolute Gasteiger partial charge is 0.356 e. The van der Waals surface area contributed by atoms with E-state index >= 15 is 0 Å². The third kappa shape index (κ3) is 2.69. The second-order valence-corrected chi connectivity index (χ2v) is 5.08. The highest BCUT2D eigenvalue weighted by atomic mass is 16.5. The molecule has 0 aromatic carbocycles. The molecular weight excluding hydrogens is 176 g/mol. The van der Waals surface area contributed by atoms with E-state index in [1.165, 1.54) is 32.5 Å². The summed E-state index contributed by atoms with van der Waals surface area (Å²) < 4.78 is 5.87. The fraction of sp³-hybridized carbons (Fsp3) is 1.00. The van der Waals surface area contributed by atoms with Crippen molar-refractivity contribution in [2.45, 2.75) is 44.9 Å². The van der Waals surface area contributed by atoms with Crippen LogP contribution in [0.25, 0.3) is 0 Å². The number of nitrogens with one attached hydrogen (secondary N) is 1. The fourth-order valence-electron chi connectivity index (χ4n) is 2.30. The lowest BCUT2D eigenvalue weighted by molar-refractivity contribution is -0.0206. The molecule has 0 amide bonds. The molecule has 2 aliphatic rings. The Morgan fingerprint density at radius 1 is 1.36 bits per heavy atom. The summed E-state index contributed by atoms with van der Waals surface area (Å²) in [6.45, 7) is 9.04. The summed E-state index contributed by atoms with van der Waals surface area (Å²) in [5.74, 6) is 0. The summed E-state index contributed by atoms with van der Waals surface area (Å²) in [4.78, 5) is 2.54. The molecule has 1 atom stereocenters. The van der Waals surface area contributed by atoms with Crippen molar-refractivity contribution in [1.29, 1.82) is 0 Å².